The molecular weight excluding hydrogens is 356 g/mol. The Hall–Kier alpha value is -3.41. The van der Waals surface area contributed by atoms with Crippen LogP contribution in [-0.4, -0.2) is 24.4 Å². The van der Waals surface area contributed by atoms with Crippen LogP contribution >= 0.6 is 0 Å². The van der Waals surface area contributed by atoms with Crippen molar-refractivity contribution in [2.24, 2.45) is 5.73 Å². The minimum absolute atomic E-state index is 0.244. The quantitative estimate of drug-likeness (QED) is 0.735. The minimum atomic E-state index is -0.434. The van der Waals surface area contributed by atoms with Crippen LogP contribution in [0.4, 0.5) is 0 Å². The number of aromatic nitrogens is 1. The SMILES string of the molecule is COc1ccc(-c2c(C(N)=O)c(C)n(Cc3ccc4c(c3)OCO4)c2C)cc1. The Labute approximate surface area is 163 Å². The molecule has 1 aliphatic heterocycles. The molecule has 144 valence electrons. The summed E-state index contributed by atoms with van der Waals surface area (Å²) in [6, 6.07) is 13.5. The summed E-state index contributed by atoms with van der Waals surface area (Å²) < 4.78 is 18.2. The van der Waals surface area contributed by atoms with Crippen LogP contribution in [0.15, 0.2) is 42.5 Å². The fourth-order valence-corrected chi connectivity index (χ4v) is 3.75. The predicted octanol–water partition coefficient (Wildman–Crippen LogP) is 3.66. The van der Waals surface area contributed by atoms with E-state index in [1.165, 1.54) is 0 Å². The zero-order valence-electron chi connectivity index (χ0n) is 16.1. The largest absolute Gasteiger partial charge is 0.497 e. The second kappa shape index (κ2) is 6.96. The number of amides is 1. The lowest BCUT2D eigenvalue weighted by Gasteiger charge is -2.11. The molecule has 3 aromatic rings. The highest BCUT2D eigenvalue weighted by Crippen LogP contribution is 2.36. The van der Waals surface area contributed by atoms with E-state index >= 15 is 0 Å². The molecule has 0 aliphatic carbocycles. The van der Waals surface area contributed by atoms with Gasteiger partial charge in [-0.2, -0.15) is 0 Å². The molecule has 0 saturated carbocycles. The third-order valence-electron chi connectivity index (χ3n) is 5.19. The molecule has 2 heterocycles. The van der Waals surface area contributed by atoms with Crippen LogP contribution < -0.4 is 19.9 Å². The number of nitrogens with two attached hydrogens (primary N) is 1. The van der Waals surface area contributed by atoms with Crippen LogP contribution in [0.25, 0.3) is 11.1 Å². The number of methoxy groups -OCH3 is 1. The molecule has 0 unspecified atom stereocenters. The van der Waals surface area contributed by atoms with Crippen molar-refractivity contribution in [2.75, 3.05) is 13.9 Å². The summed E-state index contributed by atoms with van der Waals surface area (Å²) in [5.41, 5.74) is 11.0. The lowest BCUT2D eigenvalue weighted by atomic mass is 10.00. The first-order chi connectivity index (χ1) is 13.5. The molecule has 0 saturated heterocycles. The molecule has 6 heteroatoms. The Bertz CT molecular complexity index is 1050. The maximum absolute atomic E-state index is 12.3. The average molecular weight is 378 g/mol. The van der Waals surface area contributed by atoms with Crippen molar-refractivity contribution >= 4 is 5.91 Å². The van der Waals surface area contributed by atoms with Crippen LogP contribution in [0, 0.1) is 13.8 Å². The van der Waals surface area contributed by atoms with Gasteiger partial charge < -0.3 is 24.5 Å². The van der Waals surface area contributed by atoms with Crippen LogP contribution in [-0.2, 0) is 6.54 Å². The molecule has 2 aromatic carbocycles. The molecule has 1 amide bonds. The van der Waals surface area contributed by atoms with Crippen LogP contribution in [0.3, 0.4) is 0 Å². The van der Waals surface area contributed by atoms with Gasteiger partial charge in [0, 0.05) is 23.5 Å². The third kappa shape index (κ3) is 2.97. The Morgan fingerprint density at radius 2 is 1.79 bits per heavy atom. The van der Waals surface area contributed by atoms with Gasteiger partial charge in [0.05, 0.1) is 12.7 Å². The minimum Gasteiger partial charge on any atom is -0.497 e. The van der Waals surface area contributed by atoms with E-state index in [0.29, 0.717) is 12.1 Å². The van der Waals surface area contributed by atoms with Crippen molar-refractivity contribution in [2.45, 2.75) is 20.4 Å². The standard InChI is InChI=1S/C22H22N2O4/c1-13-20(16-5-7-17(26-3)8-6-16)21(22(23)25)14(2)24(13)11-15-4-9-18-19(10-15)28-12-27-18/h4-10H,11-12H2,1-3H3,(H2,23,25). The van der Waals surface area contributed by atoms with Gasteiger partial charge in [-0.25, -0.2) is 0 Å². The number of fused-ring (bicyclic) bond motifs is 1. The van der Waals surface area contributed by atoms with E-state index in [-0.39, 0.29) is 6.79 Å². The number of carbonyl (C=O) groups excluding carboxylic acids is 1. The Morgan fingerprint density at radius 3 is 2.46 bits per heavy atom. The number of hydrogen-bond donors (Lipinski definition) is 1. The Balaban J connectivity index is 1.79. The van der Waals surface area contributed by atoms with Gasteiger partial charge in [0.2, 0.25) is 6.79 Å². The molecule has 6 nitrogen and oxygen atoms in total. The fraction of sp³-hybridized carbons (Fsp3) is 0.227. The summed E-state index contributed by atoms with van der Waals surface area (Å²) >= 11 is 0. The molecule has 0 atom stereocenters. The van der Waals surface area contributed by atoms with Gasteiger partial charge in [0.15, 0.2) is 11.5 Å². The zero-order valence-corrected chi connectivity index (χ0v) is 16.1. The molecule has 2 N–H and O–H groups in total. The molecule has 0 spiro atoms. The highest BCUT2D eigenvalue weighted by Gasteiger charge is 2.23. The number of hydrogen-bond acceptors (Lipinski definition) is 4. The number of benzene rings is 2. The van der Waals surface area contributed by atoms with E-state index < -0.39 is 5.91 Å². The summed E-state index contributed by atoms with van der Waals surface area (Å²) in [7, 11) is 1.63. The lowest BCUT2D eigenvalue weighted by molar-refractivity contribution is 0.1000. The Morgan fingerprint density at radius 1 is 1.07 bits per heavy atom. The summed E-state index contributed by atoms with van der Waals surface area (Å²) in [5.74, 6) is 1.82. The van der Waals surface area contributed by atoms with E-state index in [1.54, 1.807) is 7.11 Å². The fourth-order valence-electron chi connectivity index (χ4n) is 3.75. The van der Waals surface area contributed by atoms with Crippen molar-refractivity contribution < 1.29 is 19.0 Å². The molecule has 1 aromatic heterocycles. The molecule has 28 heavy (non-hydrogen) atoms. The molecule has 4 rings (SSSR count). The van der Waals surface area contributed by atoms with Crippen LogP contribution in [0.1, 0.15) is 27.3 Å². The van der Waals surface area contributed by atoms with Crippen molar-refractivity contribution in [1.82, 2.24) is 4.57 Å². The number of rotatable bonds is 5. The monoisotopic (exact) mass is 378 g/mol. The van der Waals surface area contributed by atoms with Crippen LogP contribution in [0.5, 0.6) is 17.2 Å². The first kappa shape index (κ1) is 18.0. The second-order valence-corrected chi connectivity index (χ2v) is 6.79. The second-order valence-electron chi connectivity index (χ2n) is 6.79. The van der Waals surface area contributed by atoms with Gasteiger partial charge in [0.25, 0.3) is 5.91 Å². The van der Waals surface area contributed by atoms with Gasteiger partial charge in [-0.15, -0.1) is 0 Å². The summed E-state index contributed by atoms with van der Waals surface area (Å²) in [5, 5.41) is 0. The Kier molecular flexibility index (Phi) is 4.47. The van der Waals surface area contributed by atoms with Crippen LogP contribution in [0.2, 0.25) is 0 Å². The highest BCUT2D eigenvalue weighted by atomic mass is 16.7. The number of nitrogens with zero attached hydrogens (tertiary/aromatic N) is 1. The normalized spacial score (nSPS) is 12.2. The maximum Gasteiger partial charge on any atom is 0.251 e. The zero-order chi connectivity index (χ0) is 19.8. The van der Waals surface area contributed by atoms with Crippen molar-refractivity contribution in [3.63, 3.8) is 0 Å². The predicted molar refractivity (Wildman–Crippen MR) is 106 cm³/mol. The first-order valence-corrected chi connectivity index (χ1v) is 9.02. The summed E-state index contributed by atoms with van der Waals surface area (Å²) in [4.78, 5) is 12.3. The van der Waals surface area contributed by atoms with Gasteiger partial charge in [-0.3, -0.25) is 4.79 Å². The number of ether oxygens (including phenoxy) is 3. The molecular formula is C22H22N2O4. The van der Waals surface area contributed by atoms with E-state index in [9.17, 15) is 4.79 Å². The first-order valence-electron chi connectivity index (χ1n) is 9.02. The maximum atomic E-state index is 12.3. The van der Waals surface area contributed by atoms with Crippen molar-refractivity contribution in [3.8, 4) is 28.4 Å². The summed E-state index contributed by atoms with van der Waals surface area (Å²) in [6.45, 7) is 4.78. The number of primary amides is 1. The van der Waals surface area contributed by atoms with E-state index in [2.05, 4.69) is 4.57 Å². The van der Waals surface area contributed by atoms with Gasteiger partial charge >= 0.3 is 0 Å². The van der Waals surface area contributed by atoms with Gasteiger partial charge in [0.1, 0.15) is 5.75 Å². The molecule has 1 aliphatic rings. The van der Waals surface area contributed by atoms with E-state index in [1.807, 2.05) is 56.3 Å². The average Bonchev–Trinajstić information content (AvgIpc) is 3.25. The highest BCUT2D eigenvalue weighted by molar-refractivity contribution is 6.02. The molecule has 0 fully saturated rings. The van der Waals surface area contributed by atoms with Gasteiger partial charge in [-0.05, 0) is 49.2 Å². The third-order valence-corrected chi connectivity index (χ3v) is 5.19. The van der Waals surface area contributed by atoms with Crippen molar-refractivity contribution in [1.29, 1.82) is 0 Å². The molecule has 0 bridgehead atoms. The number of carbonyl (C=O) groups is 1. The van der Waals surface area contributed by atoms with E-state index in [4.69, 9.17) is 19.9 Å². The lowest BCUT2D eigenvalue weighted by Crippen LogP contribution is -2.13. The summed E-state index contributed by atoms with van der Waals surface area (Å²) in [6.07, 6.45) is 0. The van der Waals surface area contributed by atoms with Gasteiger partial charge in [-0.1, -0.05) is 18.2 Å². The smallest absolute Gasteiger partial charge is 0.251 e. The topological polar surface area (TPSA) is 75.7 Å². The van der Waals surface area contributed by atoms with E-state index in [0.717, 1.165) is 45.3 Å². The van der Waals surface area contributed by atoms with Crippen molar-refractivity contribution in [3.05, 3.63) is 65.0 Å². The molecule has 0 radical (unpaired) electrons.